The van der Waals surface area contributed by atoms with Crippen molar-refractivity contribution in [1.29, 1.82) is 0 Å². The molecule has 1 atom stereocenters. The van der Waals surface area contributed by atoms with Gasteiger partial charge in [0.05, 0.1) is 19.8 Å². The Balaban J connectivity index is -0.000000330. The third-order valence-corrected chi connectivity index (χ3v) is 2.68. The van der Waals surface area contributed by atoms with Crippen LogP contribution in [0, 0.1) is 5.92 Å². The first-order valence-corrected chi connectivity index (χ1v) is 8.16. The van der Waals surface area contributed by atoms with Crippen molar-refractivity contribution >= 4 is 5.97 Å². The summed E-state index contributed by atoms with van der Waals surface area (Å²) in [6.07, 6.45) is 5.85. The average molecular weight is 320 g/mol. The maximum atomic E-state index is 10.8. The lowest BCUT2D eigenvalue weighted by Gasteiger charge is -2.13. The Bertz CT molecular complexity index is 215. The van der Waals surface area contributed by atoms with E-state index in [2.05, 4.69) is 20.4 Å². The van der Waals surface area contributed by atoms with E-state index in [9.17, 15) is 4.79 Å². The monoisotopic (exact) mass is 320 g/mol. The highest BCUT2D eigenvalue weighted by Crippen LogP contribution is 2.12. The van der Waals surface area contributed by atoms with Crippen molar-refractivity contribution < 1.29 is 24.5 Å². The van der Waals surface area contributed by atoms with Crippen LogP contribution in [0.2, 0.25) is 0 Å². The predicted octanol–water partition coefficient (Wildman–Crippen LogP) is 2.95. The van der Waals surface area contributed by atoms with Crippen LogP contribution in [0.5, 0.6) is 0 Å². The lowest BCUT2D eigenvalue weighted by molar-refractivity contribution is -0.139. The molecule has 0 bridgehead atoms. The second-order valence-electron chi connectivity index (χ2n) is 4.48. The molecule has 0 aliphatic carbocycles. The Labute approximate surface area is 136 Å². The number of aliphatic hydroxyl groups excluding tert-OH is 2. The van der Waals surface area contributed by atoms with E-state index in [-0.39, 0.29) is 19.2 Å². The van der Waals surface area contributed by atoms with Crippen molar-refractivity contribution in [2.24, 2.45) is 5.92 Å². The van der Waals surface area contributed by atoms with Crippen molar-refractivity contribution in [2.75, 3.05) is 33.0 Å². The van der Waals surface area contributed by atoms with E-state index in [0.29, 0.717) is 12.5 Å². The minimum absolute atomic E-state index is 0.125. The van der Waals surface area contributed by atoms with E-state index in [0.717, 1.165) is 26.1 Å². The van der Waals surface area contributed by atoms with Gasteiger partial charge in [-0.3, -0.25) is 0 Å². The van der Waals surface area contributed by atoms with Gasteiger partial charge in [-0.05, 0) is 26.2 Å². The number of ether oxygens (including phenoxy) is 2. The van der Waals surface area contributed by atoms with Crippen molar-refractivity contribution in [2.45, 2.75) is 53.4 Å². The third-order valence-electron chi connectivity index (χ3n) is 2.68. The Morgan fingerprint density at radius 2 is 1.68 bits per heavy atom. The molecule has 0 heterocycles. The van der Waals surface area contributed by atoms with Crippen molar-refractivity contribution in [3.63, 3.8) is 0 Å². The third kappa shape index (κ3) is 27.4. The molecule has 2 N–H and O–H groups in total. The highest BCUT2D eigenvalue weighted by atomic mass is 16.5. The molecule has 5 nitrogen and oxygen atoms in total. The lowest BCUT2D eigenvalue weighted by atomic mass is 10.0. The smallest absolute Gasteiger partial charge is 0.330 e. The first-order chi connectivity index (χ1) is 10.6. The van der Waals surface area contributed by atoms with Gasteiger partial charge in [0.2, 0.25) is 0 Å². The summed E-state index contributed by atoms with van der Waals surface area (Å²) in [5.41, 5.74) is 0. The second kappa shape index (κ2) is 25.1. The van der Waals surface area contributed by atoms with Gasteiger partial charge in [0.15, 0.2) is 0 Å². The van der Waals surface area contributed by atoms with Gasteiger partial charge in [0.25, 0.3) is 0 Å². The fraction of sp³-hybridized carbons (Fsp3) is 0.824. The zero-order valence-electron chi connectivity index (χ0n) is 14.8. The molecule has 0 aromatic carbocycles. The number of hydrogen-bond acceptors (Lipinski definition) is 5. The molecule has 0 radical (unpaired) electrons. The Kier molecular flexibility index (Phi) is 29.6. The molecule has 22 heavy (non-hydrogen) atoms. The number of unbranched alkanes of at least 4 members (excludes halogenated alkanes) is 1. The van der Waals surface area contributed by atoms with Crippen LogP contribution in [-0.4, -0.2) is 49.2 Å². The van der Waals surface area contributed by atoms with Gasteiger partial charge in [-0.2, -0.15) is 0 Å². The summed E-state index contributed by atoms with van der Waals surface area (Å²) >= 11 is 0. The fourth-order valence-electron chi connectivity index (χ4n) is 1.36. The molecule has 5 heteroatoms. The molecule has 134 valence electrons. The molecule has 0 aromatic heterocycles. The van der Waals surface area contributed by atoms with Gasteiger partial charge in [0.1, 0.15) is 0 Å². The number of hydrogen-bond donors (Lipinski definition) is 2. The first-order valence-electron chi connectivity index (χ1n) is 8.16. The van der Waals surface area contributed by atoms with Gasteiger partial charge < -0.3 is 19.7 Å². The van der Waals surface area contributed by atoms with Gasteiger partial charge in [0, 0.05) is 19.3 Å². The molecule has 0 aromatic rings. The maximum absolute atomic E-state index is 10.8. The molecular formula is C17H36O5. The number of carbonyl (C=O) groups is 1. The zero-order valence-corrected chi connectivity index (χ0v) is 14.8. The highest BCUT2D eigenvalue weighted by Gasteiger charge is 2.07. The lowest BCUT2D eigenvalue weighted by Crippen LogP contribution is -2.12. The number of carbonyl (C=O) groups excluding carboxylic acids is 1. The van der Waals surface area contributed by atoms with Crippen LogP contribution in [0.1, 0.15) is 53.4 Å². The number of rotatable bonds is 10. The van der Waals surface area contributed by atoms with Gasteiger partial charge in [-0.1, -0.05) is 39.7 Å². The largest absolute Gasteiger partial charge is 0.462 e. The standard InChI is InChI=1S/C11H20O2.C4H10O.C2H6O2/c1-4-7-8-10(5-2)9-13-11(12)6-3;1-3-5-4-2;3-1-2-4/h6,10H,3-5,7-9H2,1-2H3;3-4H2,1-2H3;3-4H,1-2H2. The van der Waals surface area contributed by atoms with E-state index in [4.69, 9.17) is 19.7 Å². The van der Waals surface area contributed by atoms with Gasteiger partial charge in [-0.15, -0.1) is 0 Å². The summed E-state index contributed by atoms with van der Waals surface area (Å²) in [6, 6.07) is 0. The van der Waals surface area contributed by atoms with Crippen LogP contribution >= 0.6 is 0 Å². The molecule has 1 unspecified atom stereocenters. The van der Waals surface area contributed by atoms with Crippen LogP contribution < -0.4 is 0 Å². The normalized spacial score (nSPS) is 10.5. The Hall–Kier alpha value is -0.910. The molecule has 0 fully saturated rings. The van der Waals surface area contributed by atoms with Crippen LogP contribution in [0.15, 0.2) is 12.7 Å². The van der Waals surface area contributed by atoms with Crippen molar-refractivity contribution in [3.8, 4) is 0 Å². The average Bonchev–Trinajstić information content (AvgIpc) is 2.56. The van der Waals surface area contributed by atoms with E-state index >= 15 is 0 Å². The molecule has 0 amide bonds. The van der Waals surface area contributed by atoms with Crippen molar-refractivity contribution in [1.82, 2.24) is 0 Å². The zero-order chi connectivity index (χ0) is 17.6. The molecular weight excluding hydrogens is 284 g/mol. The SMILES string of the molecule is C=CC(=O)OCC(CC)CCCC.CCOCC.OCCO. The summed E-state index contributed by atoms with van der Waals surface area (Å²) in [5.74, 6) is 0.207. The summed E-state index contributed by atoms with van der Waals surface area (Å²) in [6.45, 7) is 13.6. The summed E-state index contributed by atoms with van der Waals surface area (Å²) in [4.78, 5) is 10.8. The minimum atomic E-state index is -0.310. The quantitative estimate of drug-likeness (QED) is 0.478. The Morgan fingerprint density at radius 3 is 1.95 bits per heavy atom. The van der Waals surface area contributed by atoms with Crippen LogP contribution in [-0.2, 0) is 14.3 Å². The molecule has 0 saturated carbocycles. The summed E-state index contributed by atoms with van der Waals surface area (Å²) < 4.78 is 9.82. The van der Waals surface area contributed by atoms with Gasteiger partial charge >= 0.3 is 5.97 Å². The number of esters is 1. The van der Waals surface area contributed by atoms with Crippen molar-refractivity contribution in [3.05, 3.63) is 12.7 Å². The topological polar surface area (TPSA) is 76.0 Å². The van der Waals surface area contributed by atoms with E-state index in [1.165, 1.54) is 18.9 Å². The molecule has 0 spiro atoms. The first kappa shape index (κ1) is 26.0. The highest BCUT2D eigenvalue weighted by molar-refractivity contribution is 5.81. The molecule has 0 rings (SSSR count). The minimum Gasteiger partial charge on any atom is -0.462 e. The molecule has 0 aliphatic heterocycles. The van der Waals surface area contributed by atoms with E-state index in [1.807, 2.05) is 13.8 Å². The second-order valence-corrected chi connectivity index (χ2v) is 4.48. The molecule has 0 aliphatic rings. The van der Waals surface area contributed by atoms with Crippen LogP contribution in [0.4, 0.5) is 0 Å². The maximum Gasteiger partial charge on any atom is 0.330 e. The van der Waals surface area contributed by atoms with Crippen LogP contribution in [0.3, 0.4) is 0 Å². The molecule has 0 saturated heterocycles. The fourth-order valence-corrected chi connectivity index (χ4v) is 1.36. The van der Waals surface area contributed by atoms with Crippen LogP contribution in [0.25, 0.3) is 0 Å². The summed E-state index contributed by atoms with van der Waals surface area (Å²) in [5, 5.41) is 15.2. The van der Waals surface area contributed by atoms with E-state index < -0.39 is 0 Å². The predicted molar refractivity (Wildman–Crippen MR) is 90.8 cm³/mol. The Morgan fingerprint density at radius 1 is 1.14 bits per heavy atom. The van der Waals surface area contributed by atoms with Gasteiger partial charge in [-0.25, -0.2) is 4.79 Å². The number of aliphatic hydroxyl groups is 2. The van der Waals surface area contributed by atoms with E-state index in [1.54, 1.807) is 0 Å². The summed E-state index contributed by atoms with van der Waals surface area (Å²) in [7, 11) is 0.